The van der Waals surface area contributed by atoms with E-state index in [9.17, 15) is 9.59 Å². The van der Waals surface area contributed by atoms with Gasteiger partial charge in [0.25, 0.3) is 5.91 Å². The van der Waals surface area contributed by atoms with E-state index in [0.717, 1.165) is 11.3 Å². The van der Waals surface area contributed by atoms with Crippen molar-refractivity contribution in [1.82, 2.24) is 4.90 Å². The van der Waals surface area contributed by atoms with Crippen LogP contribution in [0, 0.1) is 5.92 Å². The summed E-state index contributed by atoms with van der Waals surface area (Å²) in [5.74, 6) is -0.604. The monoisotopic (exact) mass is 377 g/mol. The van der Waals surface area contributed by atoms with Crippen molar-refractivity contribution in [2.45, 2.75) is 25.9 Å². The van der Waals surface area contributed by atoms with Crippen LogP contribution in [0.3, 0.4) is 0 Å². The van der Waals surface area contributed by atoms with Gasteiger partial charge in [-0.15, -0.1) is 0 Å². The van der Waals surface area contributed by atoms with Crippen LogP contribution in [0.2, 0.25) is 0 Å². The number of carbonyl (C=O) groups is 2. The van der Waals surface area contributed by atoms with Crippen LogP contribution in [-0.4, -0.2) is 42.2 Å². The van der Waals surface area contributed by atoms with Gasteiger partial charge in [0.15, 0.2) is 5.71 Å². The zero-order valence-corrected chi connectivity index (χ0v) is 16.2. The maximum absolute atomic E-state index is 13.4. The molecule has 3 atom stereocenters. The molecule has 0 aromatic heterocycles. The molecule has 1 amide bonds. The number of methoxy groups -OCH3 is 1. The second-order valence-corrected chi connectivity index (χ2v) is 7.24. The fourth-order valence-electron chi connectivity index (χ4n) is 4.01. The highest BCUT2D eigenvalue weighted by Crippen LogP contribution is 2.37. The smallest absolute Gasteiger partial charge is 0.354 e. The molecule has 144 valence electrons. The lowest BCUT2D eigenvalue weighted by atomic mass is 9.96. The third kappa shape index (κ3) is 2.85. The van der Waals surface area contributed by atoms with Gasteiger partial charge < -0.3 is 9.64 Å². The summed E-state index contributed by atoms with van der Waals surface area (Å²) < 4.78 is 4.92. The quantitative estimate of drug-likeness (QED) is 0.771. The van der Waals surface area contributed by atoms with E-state index in [1.807, 2.05) is 78.4 Å². The fraction of sp³-hybridized carbons (Fsp3) is 0.318. The molecule has 2 heterocycles. The predicted molar refractivity (Wildman–Crippen MR) is 107 cm³/mol. The molecule has 0 radical (unpaired) electrons. The molecule has 0 unspecified atom stereocenters. The molecule has 0 saturated carbocycles. The number of para-hydroxylation sites is 1. The largest absolute Gasteiger partial charge is 0.464 e. The van der Waals surface area contributed by atoms with Gasteiger partial charge in [0.2, 0.25) is 0 Å². The van der Waals surface area contributed by atoms with Crippen LogP contribution in [0.5, 0.6) is 0 Å². The van der Waals surface area contributed by atoms with Crippen LogP contribution in [-0.2, 0) is 9.53 Å². The lowest BCUT2D eigenvalue weighted by Gasteiger charge is -2.32. The van der Waals surface area contributed by atoms with Crippen molar-refractivity contribution in [1.29, 1.82) is 0 Å². The van der Waals surface area contributed by atoms with Crippen molar-refractivity contribution < 1.29 is 14.3 Å². The van der Waals surface area contributed by atoms with Crippen molar-refractivity contribution in [3.63, 3.8) is 0 Å². The lowest BCUT2D eigenvalue weighted by molar-refractivity contribution is -0.133. The first kappa shape index (κ1) is 18.2. The van der Waals surface area contributed by atoms with Crippen molar-refractivity contribution in [3.8, 4) is 0 Å². The zero-order valence-electron chi connectivity index (χ0n) is 16.2. The molecule has 0 aliphatic carbocycles. The fourth-order valence-corrected chi connectivity index (χ4v) is 4.01. The molecule has 0 fully saturated rings. The van der Waals surface area contributed by atoms with Crippen LogP contribution >= 0.6 is 0 Å². The highest BCUT2D eigenvalue weighted by Gasteiger charge is 2.44. The summed E-state index contributed by atoms with van der Waals surface area (Å²) in [5.41, 5.74) is 2.78. The Morgan fingerprint density at radius 1 is 1.14 bits per heavy atom. The third-order valence-corrected chi connectivity index (χ3v) is 5.71. The number of esters is 1. The van der Waals surface area contributed by atoms with Crippen LogP contribution in [0.1, 0.15) is 35.8 Å². The highest BCUT2D eigenvalue weighted by molar-refractivity contribution is 6.38. The van der Waals surface area contributed by atoms with Gasteiger partial charge in [-0.3, -0.25) is 9.80 Å². The molecule has 0 N–H and O–H groups in total. The lowest BCUT2D eigenvalue weighted by Crippen LogP contribution is -2.44. The molecular formula is C22H23N3O3. The van der Waals surface area contributed by atoms with Crippen molar-refractivity contribution in [2.24, 2.45) is 11.0 Å². The Morgan fingerprint density at radius 3 is 2.54 bits per heavy atom. The number of fused-ring (bicyclic) bond motifs is 3. The number of anilines is 1. The summed E-state index contributed by atoms with van der Waals surface area (Å²) in [6.07, 6.45) is 0. The molecule has 4 rings (SSSR count). The molecule has 2 aromatic carbocycles. The summed E-state index contributed by atoms with van der Waals surface area (Å²) >= 11 is 0. The SMILES string of the molecule is COC(=O)C1=NN2c3ccccc3C(=O)N([C@@H](C)c3ccccc3)C[C@@H]2[C@H]1C. The molecule has 2 aromatic rings. The van der Waals surface area contributed by atoms with Gasteiger partial charge in [-0.1, -0.05) is 49.4 Å². The number of hydrazone groups is 1. The second kappa shape index (κ2) is 7.11. The Labute approximate surface area is 164 Å². The van der Waals surface area contributed by atoms with E-state index in [4.69, 9.17) is 4.74 Å². The topological polar surface area (TPSA) is 62.2 Å². The average molecular weight is 377 g/mol. The summed E-state index contributed by atoms with van der Waals surface area (Å²) in [4.78, 5) is 27.5. The van der Waals surface area contributed by atoms with E-state index in [0.29, 0.717) is 17.8 Å². The first-order chi connectivity index (χ1) is 13.5. The predicted octanol–water partition coefficient (Wildman–Crippen LogP) is 3.26. The van der Waals surface area contributed by atoms with E-state index < -0.39 is 5.97 Å². The van der Waals surface area contributed by atoms with Gasteiger partial charge in [-0.05, 0) is 24.6 Å². The molecular weight excluding hydrogens is 354 g/mol. The maximum atomic E-state index is 13.4. The number of rotatable bonds is 3. The van der Waals surface area contributed by atoms with Crippen molar-refractivity contribution in [2.75, 3.05) is 18.7 Å². The van der Waals surface area contributed by atoms with E-state index in [-0.39, 0.29) is 23.9 Å². The van der Waals surface area contributed by atoms with Gasteiger partial charge in [0, 0.05) is 12.5 Å². The number of nitrogens with zero attached hydrogens (tertiary/aromatic N) is 3. The van der Waals surface area contributed by atoms with Crippen LogP contribution in [0.15, 0.2) is 59.7 Å². The number of hydrogen-bond donors (Lipinski definition) is 0. The number of ether oxygens (including phenoxy) is 1. The Bertz CT molecular complexity index is 941. The Balaban J connectivity index is 1.79. The van der Waals surface area contributed by atoms with Crippen LogP contribution in [0.4, 0.5) is 5.69 Å². The first-order valence-corrected chi connectivity index (χ1v) is 9.44. The Morgan fingerprint density at radius 2 is 1.82 bits per heavy atom. The van der Waals surface area contributed by atoms with Gasteiger partial charge in [-0.2, -0.15) is 5.10 Å². The molecule has 0 bridgehead atoms. The Hall–Kier alpha value is -3.15. The van der Waals surface area contributed by atoms with Crippen molar-refractivity contribution >= 4 is 23.3 Å². The first-order valence-electron chi connectivity index (χ1n) is 9.44. The van der Waals surface area contributed by atoms with Gasteiger partial charge in [0.1, 0.15) is 0 Å². The summed E-state index contributed by atoms with van der Waals surface area (Å²) in [5, 5.41) is 6.38. The van der Waals surface area contributed by atoms with E-state index >= 15 is 0 Å². The molecule has 0 spiro atoms. The van der Waals surface area contributed by atoms with Crippen molar-refractivity contribution in [3.05, 3.63) is 65.7 Å². The number of hydrogen-bond acceptors (Lipinski definition) is 5. The van der Waals surface area contributed by atoms with Crippen LogP contribution < -0.4 is 5.01 Å². The summed E-state index contributed by atoms with van der Waals surface area (Å²) in [7, 11) is 1.36. The van der Waals surface area contributed by atoms with Crippen LogP contribution in [0.25, 0.3) is 0 Å². The minimum absolute atomic E-state index is 0.0247. The van der Waals surface area contributed by atoms with Gasteiger partial charge in [-0.25, -0.2) is 4.79 Å². The number of benzene rings is 2. The standard InChI is InChI=1S/C22H23N3O3/c1-14-19-13-24(15(2)16-9-5-4-6-10-16)21(26)17-11-7-8-12-18(17)25(19)23-20(14)22(27)28-3/h4-12,14-15,19H,13H2,1-3H3/t14-,15+,19-/m1/s1. The van der Waals surface area contributed by atoms with E-state index in [1.165, 1.54) is 7.11 Å². The number of amides is 1. The zero-order chi connectivity index (χ0) is 19.8. The second-order valence-electron chi connectivity index (χ2n) is 7.24. The third-order valence-electron chi connectivity index (χ3n) is 5.71. The van der Waals surface area contributed by atoms with Gasteiger partial charge in [0.05, 0.1) is 30.4 Å². The normalized spacial score (nSPS) is 22.1. The summed E-state index contributed by atoms with van der Waals surface area (Å²) in [6, 6.07) is 17.2. The summed E-state index contributed by atoms with van der Waals surface area (Å²) in [6.45, 7) is 4.46. The Kier molecular flexibility index (Phi) is 4.63. The molecule has 6 nitrogen and oxygen atoms in total. The van der Waals surface area contributed by atoms with E-state index in [2.05, 4.69) is 5.10 Å². The minimum atomic E-state index is -0.424. The van der Waals surface area contributed by atoms with E-state index in [1.54, 1.807) is 0 Å². The minimum Gasteiger partial charge on any atom is -0.464 e. The van der Waals surface area contributed by atoms with Gasteiger partial charge >= 0.3 is 5.97 Å². The molecule has 6 heteroatoms. The molecule has 0 saturated heterocycles. The molecule has 2 aliphatic rings. The molecule has 28 heavy (non-hydrogen) atoms. The number of carbonyl (C=O) groups excluding carboxylic acids is 2. The highest BCUT2D eigenvalue weighted by atomic mass is 16.5. The maximum Gasteiger partial charge on any atom is 0.354 e. The average Bonchev–Trinajstić information content (AvgIpc) is 3.00. The molecule has 2 aliphatic heterocycles.